The standard InChI is InChI=1S/C15H24N2O2S/c1-10(2)8-9-17(12-6-4-5-7-12)15-16-13(14(18)19)11(3)20-15/h10,12H,4-9H2,1-3H3,(H,18,19). The van der Waals surface area contributed by atoms with E-state index >= 15 is 0 Å². The van der Waals surface area contributed by atoms with E-state index < -0.39 is 5.97 Å². The number of hydrogen-bond donors (Lipinski definition) is 1. The van der Waals surface area contributed by atoms with Crippen molar-refractivity contribution < 1.29 is 9.90 Å². The average molecular weight is 296 g/mol. The highest BCUT2D eigenvalue weighted by molar-refractivity contribution is 7.15. The van der Waals surface area contributed by atoms with Crippen molar-refractivity contribution >= 4 is 22.4 Å². The van der Waals surface area contributed by atoms with Gasteiger partial charge in [0, 0.05) is 17.5 Å². The second kappa shape index (κ2) is 6.57. The van der Waals surface area contributed by atoms with Crippen LogP contribution in [0, 0.1) is 12.8 Å². The fourth-order valence-electron chi connectivity index (χ4n) is 2.75. The summed E-state index contributed by atoms with van der Waals surface area (Å²) in [5.41, 5.74) is 0.220. The van der Waals surface area contributed by atoms with Crippen molar-refractivity contribution in [2.24, 2.45) is 5.92 Å². The molecular weight excluding hydrogens is 272 g/mol. The van der Waals surface area contributed by atoms with Gasteiger partial charge in [0.25, 0.3) is 0 Å². The molecule has 5 heteroatoms. The van der Waals surface area contributed by atoms with Gasteiger partial charge in [0.1, 0.15) is 0 Å². The minimum atomic E-state index is -0.916. The molecule has 1 aliphatic carbocycles. The van der Waals surface area contributed by atoms with Crippen molar-refractivity contribution in [3.8, 4) is 0 Å². The van der Waals surface area contributed by atoms with E-state index in [2.05, 4.69) is 23.7 Å². The van der Waals surface area contributed by atoms with Crippen molar-refractivity contribution in [3.63, 3.8) is 0 Å². The number of carboxylic acids is 1. The monoisotopic (exact) mass is 296 g/mol. The SMILES string of the molecule is Cc1sc(N(CCC(C)C)C2CCCC2)nc1C(=O)O. The fraction of sp³-hybridized carbons (Fsp3) is 0.733. The van der Waals surface area contributed by atoms with Crippen molar-refractivity contribution in [1.29, 1.82) is 0 Å². The Morgan fingerprint density at radius 1 is 1.45 bits per heavy atom. The summed E-state index contributed by atoms with van der Waals surface area (Å²) in [7, 11) is 0. The van der Waals surface area contributed by atoms with Crippen molar-refractivity contribution in [3.05, 3.63) is 10.6 Å². The van der Waals surface area contributed by atoms with E-state index in [9.17, 15) is 4.79 Å². The zero-order valence-electron chi connectivity index (χ0n) is 12.6. The third kappa shape index (κ3) is 3.51. The summed E-state index contributed by atoms with van der Waals surface area (Å²) in [6.45, 7) is 7.28. The summed E-state index contributed by atoms with van der Waals surface area (Å²) >= 11 is 1.52. The third-order valence-corrected chi connectivity index (χ3v) is 4.95. The molecule has 2 rings (SSSR count). The first-order chi connectivity index (χ1) is 9.49. The molecule has 0 amide bonds. The van der Waals surface area contributed by atoms with E-state index in [1.54, 1.807) is 0 Å². The molecule has 0 bridgehead atoms. The summed E-state index contributed by atoms with van der Waals surface area (Å²) in [4.78, 5) is 18.7. The predicted octanol–water partition coefficient (Wildman–Crippen LogP) is 3.94. The van der Waals surface area contributed by atoms with Gasteiger partial charge in [0.15, 0.2) is 10.8 Å². The van der Waals surface area contributed by atoms with Crippen LogP contribution in [0.4, 0.5) is 5.13 Å². The van der Waals surface area contributed by atoms with E-state index in [0.717, 1.165) is 23.0 Å². The van der Waals surface area contributed by atoms with Gasteiger partial charge >= 0.3 is 5.97 Å². The Bertz CT molecular complexity index is 464. The summed E-state index contributed by atoms with van der Waals surface area (Å²) in [5.74, 6) is -0.265. The van der Waals surface area contributed by atoms with Crippen molar-refractivity contribution in [2.75, 3.05) is 11.4 Å². The van der Waals surface area contributed by atoms with E-state index in [1.807, 2.05) is 6.92 Å². The Labute approximate surface area is 124 Å². The molecule has 0 atom stereocenters. The Balaban J connectivity index is 2.20. The first-order valence-corrected chi connectivity index (χ1v) is 8.28. The number of rotatable bonds is 6. The van der Waals surface area contributed by atoms with Crippen LogP contribution in [-0.2, 0) is 0 Å². The molecule has 20 heavy (non-hydrogen) atoms. The zero-order chi connectivity index (χ0) is 14.7. The van der Waals surface area contributed by atoms with Crippen molar-refractivity contribution in [1.82, 2.24) is 4.98 Å². The lowest BCUT2D eigenvalue weighted by Crippen LogP contribution is -2.34. The molecule has 0 aliphatic heterocycles. The highest BCUT2D eigenvalue weighted by Gasteiger charge is 2.26. The lowest BCUT2D eigenvalue weighted by Gasteiger charge is -2.29. The summed E-state index contributed by atoms with van der Waals surface area (Å²) in [6, 6.07) is 0.543. The first-order valence-electron chi connectivity index (χ1n) is 7.46. The molecule has 0 spiro atoms. The largest absolute Gasteiger partial charge is 0.476 e. The lowest BCUT2D eigenvalue weighted by molar-refractivity contribution is 0.0690. The molecule has 0 unspecified atom stereocenters. The minimum absolute atomic E-state index is 0.220. The number of carboxylic acid groups (broad SMARTS) is 1. The molecule has 1 N–H and O–H groups in total. The van der Waals surface area contributed by atoms with Crippen LogP contribution in [0.2, 0.25) is 0 Å². The Morgan fingerprint density at radius 3 is 2.60 bits per heavy atom. The maximum absolute atomic E-state index is 11.2. The maximum atomic E-state index is 11.2. The second-order valence-electron chi connectivity index (χ2n) is 6.02. The average Bonchev–Trinajstić information content (AvgIpc) is 2.99. The van der Waals surface area contributed by atoms with Crippen LogP contribution in [0.1, 0.15) is 61.3 Å². The van der Waals surface area contributed by atoms with Crippen LogP contribution in [0.15, 0.2) is 0 Å². The van der Waals surface area contributed by atoms with Crippen LogP contribution in [0.5, 0.6) is 0 Å². The molecule has 1 heterocycles. The third-order valence-electron chi connectivity index (χ3n) is 3.95. The number of thiazole rings is 1. The molecule has 0 radical (unpaired) electrons. The minimum Gasteiger partial charge on any atom is -0.476 e. The predicted molar refractivity (Wildman–Crippen MR) is 82.9 cm³/mol. The van der Waals surface area contributed by atoms with Crippen LogP contribution in [0.25, 0.3) is 0 Å². The summed E-state index contributed by atoms with van der Waals surface area (Å²) in [6.07, 6.45) is 6.09. The number of aromatic nitrogens is 1. The van der Waals surface area contributed by atoms with Gasteiger partial charge in [-0.2, -0.15) is 0 Å². The number of carbonyl (C=O) groups is 1. The zero-order valence-corrected chi connectivity index (χ0v) is 13.4. The van der Waals surface area contributed by atoms with Crippen LogP contribution < -0.4 is 4.90 Å². The number of hydrogen-bond acceptors (Lipinski definition) is 4. The van der Waals surface area contributed by atoms with Crippen LogP contribution in [0.3, 0.4) is 0 Å². The molecule has 1 fully saturated rings. The fourth-order valence-corrected chi connectivity index (χ4v) is 3.75. The molecule has 0 aromatic carbocycles. The van der Waals surface area contributed by atoms with Crippen LogP contribution in [-0.4, -0.2) is 28.6 Å². The van der Waals surface area contributed by atoms with Crippen LogP contribution >= 0.6 is 11.3 Å². The lowest BCUT2D eigenvalue weighted by atomic mass is 10.1. The van der Waals surface area contributed by atoms with Gasteiger partial charge < -0.3 is 10.0 Å². The van der Waals surface area contributed by atoms with Gasteiger partial charge in [-0.15, -0.1) is 11.3 Å². The topological polar surface area (TPSA) is 53.4 Å². The highest BCUT2D eigenvalue weighted by atomic mass is 32.1. The van der Waals surface area contributed by atoms with Gasteiger partial charge in [-0.3, -0.25) is 0 Å². The Morgan fingerprint density at radius 2 is 2.10 bits per heavy atom. The smallest absolute Gasteiger partial charge is 0.355 e. The summed E-state index contributed by atoms with van der Waals surface area (Å²) in [5, 5.41) is 10.1. The molecule has 1 aromatic heterocycles. The van der Waals surface area contributed by atoms with Gasteiger partial charge in [-0.1, -0.05) is 26.7 Å². The normalized spacial score (nSPS) is 16.0. The molecule has 4 nitrogen and oxygen atoms in total. The molecule has 0 saturated heterocycles. The quantitative estimate of drug-likeness (QED) is 0.863. The van der Waals surface area contributed by atoms with E-state index in [0.29, 0.717) is 12.0 Å². The van der Waals surface area contributed by atoms with Crippen molar-refractivity contribution in [2.45, 2.75) is 58.9 Å². The molecule has 1 saturated carbocycles. The molecule has 1 aliphatic rings. The number of aryl methyl sites for hydroxylation is 1. The van der Waals surface area contributed by atoms with Gasteiger partial charge in [-0.25, -0.2) is 9.78 Å². The first kappa shape index (κ1) is 15.3. The van der Waals surface area contributed by atoms with E-state index in [4.69, 9.17) is 5.11 Å². The van der Waals surface area contributed by atoms with E-state index in [-0.39, 0.29) is 5.69 Å². The number of anilines is 1. The summed E-state index contributed by atoms with van der Waals surface area (Å²) < 4.78 is 0. The second-order valence-corrected chi connectivity index (χ2v) is 7.20. The highest BCUT2D eigenvalue weighted by Crippen LogP contribution is 2.33. The Kier molecular flexibility index (Phi) is 5.02. The number of nitrogens with zero attached hydrogens (tertiary/aromatic N) is 2. The Hall–Kier alpha value is -1.10. The number of aromatic carboxylic acids is 1. The van der Waals surface area contributed by atoms with Gasteiger partial charge in [0.2, 0.25) is 0 Å². The molecular formula is C15H24N2O2S. The van der Waals surface area contributed by atoms with E-state index in [1.165, 1.54) is 37.0 Å². The molecule has 1 aromatic rings. The maximum Gasteiger partial charge on any atom is 0.355 e. The van der Waals surface area contributed by atoms with Gasteiger partial charge in [0.05, 0.1) is 0 Å². The molecule has 112 valence electrons. The van der Waals surface area contributed by atoms with Gasteiger partial charge in [-0.05, 0) is 32.1 Å².